The Morgan fingerprint density at radius 1 is 1.00 bits per heavy atom. The molecule has 0 spiro atoms. The fraction of sp³-hybridized carbons (Fsp3) is 0. The third kappa shape index (κ3) is 1.05. The van der Waals surface area contributed by atoms with Gasteiger partial charge in [0.1, 0.15) is 11.5 Å². The van der Waals surface area contributed by atoms with E-state index in [4.69, 9.17) is 5.73 Å². The van der Waals surface area contributed by atoms with Crippen molar-refractivity contribution in [1.82, 2.24) is 0 Å². The lowest BCUT2D eigenvalue weighted by atomic mass is 10.1. The molecule has 0 amide bonds. The van der Waals surface area contributed by atoms with E-state index in [-0.39, 0.29) is 17.2 Å². The molecular formula is C10H9NO2. The molecule has 3 nitrogen and oxygen atoms in total. The summed E-state index contributed by atoms with van der Waals surface area (Å²) in [6.07, 6.45) is 0. The first kappa shape index (κ1) is 7.73. The third-order valence-corrected chi connectivity index (χ3v) is 2.03. The molecule has 0 aliphatic rings. The van der Waals surface area contributed by atoms with Crippen LogP contribution in [0.5, 0.6) is 11.5 Å². The lowest BCUT2D eigenvalue weighted by Crippen LogP contribution is -1.86. The molecule has 0 aliphatic carbocycles. The van der Waals surface area contributed by atoms with E-state index in [9.17, 15) is 10.2 Å². The first-order valence-electron chi connectivity index (χ1n) is 3.89. The molecule has 0 radical (unpaired) electrons. The summed E-state index contributed by atoms with van der Waals surface area (Å²) in [5.74, 6) is -0.0158. The minimum absolute atomic E-state index is 0.0438. The molecule has 0 atom stereocenters. The zero-order valence-electron chi connectivity index (χ0n) is 6.86. The molecule has 2 rings (SSSR count). The van der Waals surface area contributed by atoms with Crippen LogP contribution >= 0.6 is 0 Å². The molecule has 0 fully saturated rings. The fourth-order valence-corrected chi connectivity index (χ4v) is 1.36. The van der Waals surface area contributed by atoms with E-state index in [1.807, 2.05) is 0 Å². The summed E-state index contributed by atoms with van der Waals surface area (Å²) in [6.45, 7) is 0. The Bertz CT molecular complexity index is 466. The van der Waals surface area contributed by atoms with Crippen LogP contribution in [0, 0.1) is 0 Å². The van der Waals surface area contributed by atoms with Gasteiger partial charge in [-0.15, -0.1) is 0 Å². The minimum atomic E-state index is -0.0596. The van der Waals surface area contributed by atoms with E-state index in [2.05, 4.69) is 0 Å². The molecular weight excluding hydrogens is 166 g/mol. The van der Waals surface area contributed by atoms with Crippen LogP contribution in [0.15, 0.2) is 30.3 Å². The number of nitrogens with two attached hydrogens (primary N) is 1. The Labute approximate surface area is 75.0 Å². The molecule has 13 heavy (non-hydrogen) atoms. The molecule has 0 aromatic heterocycles. The standard InChI is InChI=1S/C10H9NO2/c11-7-5-4-6-2-1-3-8(12)9(6)10(7)13/h1-5,12-13H,11H2. The van der Waals surface area contributed by atoms with Gasteiger partial charge >= 0.3 is 0 Å². The van der Waals surface area contributed by atoms with E-state index in [1.165, 1.54) is 6.07 Å². The predicted octanol–water partition coefficient (Wildman–Crippen LogP) is 1.83. The molecule has 0 saturated carbocycles. The quantitative estimate of drug-likeness (QED) is 0.422. The first-order chi connectivity index (χ1) is 6.20. The number of hydrogen-bond acceptors (Lipinski definition) is 3. The predicted molar refractivity (Wildman–Crippen MR) is 51.7 cm³/mol. The number of phenolic OH excluding ortho intramolecular Hbond substituents is 2. The van der Waals surface area contributed by atoms with Crippen LogP contribution in [0.2, 0.25) is 0 Å². The van der Waals surface area contributed by atoms with Gasteiger partial charge in [0.25, 0.3) is 0 Å². The van der Waals surface area contributed by atoms with Crippen molar-refractivity contribution in [1.29, 1.82) is 0 Å². The molecule has 0 unspecified atom stereocenters. The molecule has 2 aromatic rings. The van der Waals surface area contributed by atoms with E-state index in [0.29, 0.717) is 5.39 Å². The van der Waals surface area contributed by atoms with Gasteiger partial charge in [-0.05, 0) is 17.5 Å². The van der Waals surface area contributed by atoms with Gasteiger partial charge in [0.15, 0.2) is 0 Å². The van der Waals surface area contributed by atoms with Crippen molar-refractivity contribution in [3.8, 4) is 11.5 Å². The van der Waals surface area contributed by atoms with Gasteiger partial charge in [-0.2, -0.15) is 0 Å². The largest absolute Gasteiger partial charge is 0.507 e. The van der Waals surface area contributed by atoms with Gasteiger partial charge in [-0.3, -0.25) is 0 Å². The second-order valence-electron chi connectivity index (χ2n) is 2.88. The summed E-state index contributed by atoms with van der Waals surface area (Å²) in [4.78, 5) is 0. The average molecular weight is 175 g/mol. The van der Waals surface area contributed by atoms with Gasteiger partial charge in [0, 0.05) is 0 Å². The Kier molecular flexibility index (Phi) is 1.52. The number of rotatable bonds is 0. The highest BCUT2D eigenvalue weighted by molar-refractivity contribution is 5.96. The van der Waals surface area contributed by atoms with Crippen LogP contribution < -0.4 is 5.73 Å². The molecule has 4 N–H and O–H groups in total. The van der Waals surface area contributed by atoms with Crippen molar-refractivity contribution in [2.45, 2.75) is 0 Å². The highest BCUT2D eigenvalue weighted by Crippen LogP contribution is 2.36. The molecule has 2 aromatic carbocycles. The molecule has 66 valence electrons. The van der Waals surface area contributed by atoms with Crippen molar-refractivity contribution < 1.29 is 10.2 Å². The fourth-order valence-electron chi connectivity index (χ4n) is 1.36. The SMILES string of the molecule is Nc1ccc2cccc(O)c2c1O. The number of nitrogen functional groups attached to an aromatic ring is 1. The molecule has 3 heteroatoms. The zero-order chi connectivity index (χ0) is 9.42. The first-order valence-corrected chi connectivity index (χ1v) is 3.89. The van der Waals surface area contributed by atoms with E-state index in [1.54, 1.807) is 24.3 Å². The van der Waals surface area contributed by atoms with E-state index >= 15 is 0 Å². The van der Waals surface area contributed by atoms with Gasteiger partial charge in [-0.1, -0.05) is 18.2 Å². The Balaban J connectivity index is 2.97. The maximum absolute atomic E-state index is 9.55. The van der Waals surface area contributed by atoms with Gasteiger partial charge in [0.2, 0.25) is 0 Å². The van der Waals surface area contributed by atoms with Crippen molar-refractivity contribution in [2.75, 3.05) is 5.73 Å². The van der Waals surface area contributed by atoms with Crippen LogP contribution in [0.25, 0.3) is 10.8 Å². The minimum Gasteiger partial charge on any atom is -0.507 e. The van der Waals surface area contributed by atoms with Crippen molar-refractivity contribution >= 4 is 16.5 Å². The third-order valence-electron chi connectivity index (χ3n) is 2.03. The summed E-state index contributed by atoms with van der Waals surface area (Å²) < 4.78 is 0. The molecule has 0 heterocycles. The van der Waals surface area contributed by atoms with Crippen LogP contribution in [0.3, 0.4) is 0 Å². The highest BCUT2D eigenvalue weighted by Gasteiger charge is 2.06. The van der Waals surface area contributed by atoms with E-state index in [0.717, 1.165) is 5.39 Å². The summed E-state index contributed by atoms with van der Waals surface area (Å²) in [7, 11) is 0. The van der Waals surface area contributed by atoms with Gasteiger partial charge < -0.3 is 15.9 Å². The normalized spacial score (nSPS) is 10.5. The maximum atomic E-state index is 9.55. The van der Waals surface area contributed by atoms with Crippen LogP contribution in [0.4, 0.5) is 5.69 Å². The Morgan fingerprint density at radius 2 is 1.77 bits per heavy atom. The zero-order valence-corrected chi connectivity index (χ0v) is 6.86. The highest BCUT2D eigenvalue weighted by atomic mass is 16.3. The lowest BCUT2D eigenvalue weighted by Gasteiger charge is -2.05. The Hall–Kier alpha value is -1.90. The van der Waals surface area contributed by atoms with Crippen LogP contribution in [-0.2, 0) is 0 Å². The topological polar surface area (TPSA) is 66.5 Å². The van der Waals surface area contributed by atoms with E-state index < -0.39 is 0 Å². The number of aromatic hydroxyl groups is 2. The van der Waals surface area contributed by atoms with Gasteiger partial charge in [0.05, 0.1) is 11.1 Å². The molecule has 0 saturated heterocycles. The summed E-state index contributed by atoms with van der Waals surface area (Å²) in [5.41, 5.74) is 5.77. The monoisotopic (exact) mass is 175 g/mol. The maximum Gasteiger partial charge on any atom is 0.150 e. The van der Waals surface area contributed by atoms with Crippen LogP contribution in [-0.4, -0.2) is 10.2 Å². The number of hydrogen-bond donors (Lipinski definition) is 3. The number of fused-ring (bicyclic) bond motifs is 1. The molecule has 0 aliphatic heterocycles. The summed E-state index contributed by atoms with van der Waals surface area (Å²) in [5, 5.41) is 20.2. The van der Waals surface area contributed by atoms with Crippen molar-refractivity contribution in [2.24, 2.45) is 0 Å². The number of phenols is 2. The number of anilines is 1. The summed E-state index contributed by atoms with van der Waals surface area (Å²) >= 11 is 0. The van der Waals surface area contributed by atoms with Crippen LogP contribution in [0.1, 0.15) is 0 Å². The Morgan fingerprint density at radius 3 is 2.54 bits per heavy atom. The van der Waals surface area contributed by atoms with Gasteiger partial charge in [-0.25, -0.2) is 0 Å². The average Bonchev–Trinajstić information content (AvgIpc) is 2.12. The van der Waals surface area contributed by atoms with Crippen molar-refractivity contribution in [3.05, 3.63) is 30.3 Å². The lowest BCUT2D eigenvalue weighted by molar-refractivity contribution is 0.465. The second kappa shape index (κ2) is 2.55. The number of benzene rings is 2. The smallest absolute Gasteiger partial charge is 0.150 e. The molecule has 0 bridgehead atoms. The summed E-state index contributed by atoms with van der Waals surface area (Å²) in [6, 6.07) is 8.39. The van der Waals surface area contributed by atoms with Crippen molar-refractivity contribution in [3.63, 3.8) is 0 Å². The second-order valence-corrected chi connectivity index (χ2v) is 2.88.